The molecule has 2 rings (SSSR count). The van der Waals surface area contributed by atoms with Crippen LogP contribution in [0, 0.1) is 5.82 Å². The first-order chi connectivity index (χ1) is 11.9. The van der Waals surface area contributed by atoms with Gasteiger partial charge in [0.2, 0.25) is 5.91 Å². The summed E-state index contributed by atoms with van der Waals surface area (Å²) in [4.78, 5) is 25.3. The van der Waals surface area contributed by atoms with E-state index in [2.05, 4.69) is 10.6 Å². The van der Waals surface area contributed by atoms with Crippen molar-refractivity contribution < 1.29 is 18.7 Å². The first kappa shape index (κ1) is 18.3. The first-order valence-corrected chi connectivity index (χ1v) is 7.59. The number of amides is 2. The average Bonchev–Trinajstić information content (AvgIpc) is 2.60. The van der Waals surface area contributed by atoms with E-state index in [9.17, 15) is 14.0 Å². The average molecular weight is 345 g/mol. The molecule has 0 bridgehead atoms. The first-order valence-electron chi connectivity index (χ1n) is 7.59. The molecule has 132 valence electrons. The Kier molecular flexibility index (Phi) is 5.94. The monoisotopic (exact) mass is 345 g/mol. The third-order valence-corrected chi connectivity index (χ3v) is 3.42. The van der Waals surface area contributed by atoms with Gasteiger partial charge in [-0.05, 0) is 36.4 Å². The van der Waals surface area contributed by atoms with Crippen molar-refractivity contribution in [2.24, 2.45) is 0 Å². The predicted octanol–water partition coefficient (Wildman–Crippen LogP) is 2.59. The van der Waals surface area contributed by atoms with Crippen LogP contribution in [-0.2, 0) is 4.79 Å². The molecule has 2 aromatic rings. The van der Waals surface area contributed by atoms with E-state index < -0.39 is 5.82 Å². The van der Waals surface area contributed by atoms with E-state index in [1.165, 1.54) is 30.2 Å². The molecular weight excluding hydrogens is 325 g/mol. The Bertz CT molecular complexity index is 761. The number of benzene rings is 2. The van der Waals surface area contributed by atoms with Crippen molar-refractivity contribution in [3.63, 3.8) is 0 Å². The van der Waals surface area contributed by atoms with Crippen molar-refractivity contribution in [3.05, 3.63) is 53.8 Å². The molecule has 0 atom stereocenters. The van der Waals surface area contributed by atoms with E-state index in [-0.39, 0.29) is 18.4 Å². The van der Waals surface area contributed by atoms with Crippen molar-refractivity contribution in [1.82, 2.24) is 4.90 Å². The number of methoxy groups -OCH3 is 1. The molecule has 0 unspecified atom stereocenters. The zero-order chi connectivity index (χ0) is 18.4. The predicted molar refractivity (Wildman–Crippen MR) is 94.5 cm³/mol. The zero-order valence-corrected chi connectivity index (χ0v) is 14.3. The number of ether oxygens (including phenoxy) is 1. The van der Waals surface area contributed by atoms with Crippen LogP contribution in [0.1, 0.15) is 10.4 Å². The normalized spacial score (nSPS) is 10.1. The summed E-state index contributed by atoms with van der Waals surface area (Å²) in [5.41, 5.74) is 1.64. The van der Waals surface area contributed by atoms with E-state index in [0.29, 0.717) is 22.7 Å². The van der Waals surface area contributed by atoms with Crippen LogP contribution in [0.5, 0.6) is 5.75 Å². The van der Waals surface area contributed by atoms with Gasteiger partial charge in [-0.15, -0.1) is 0 Å². The summed E-state index contributed by atoms with van der Waals surface area (Å²) in [7, 11) is 4.78. The maximum atomic E-state index is 13.1. The Hall–Kier alpha value is -3.09. The standard InChI is InChI=1S/C18H20FN3O3/c1-22(2)18(24)12-4-7-14(8-5-12)21-17(23)11-20-15-9-6-13(19)10-16(15)25-3/h4-10,20H,11H2,1-3H3,(H,21,23). The van der Waals surface area contributed by atoms with Crippen molar-refractivity contribution in [2.75, 3.05) is 38.4 Å². The van der Waals surface area contributed by atoms with Gasteiger partial charge in [-0.25, -0.2) is 4.39 Å². The minimum atomic E-state index is -0.417. The highest BCUT2D eigenvalue weighted by Crippen LogP contribution is 2.24. The van der Waals surface area contributed by atoms with Crippen molar-refractivity contribution in [3.8, 4) is 5.75 Å². The number of carbonyl (C=O) groups is 2. The van der Waals surface area contributed by atoms with Crippen LogP contribution in [0.2, 0.25) is 0 Å². The minimum absolute atomic E-state index is 0.0135. The fourth-order valence-corrected chi connectivity index (χ4v) is 2.15. The Morgan fingerprint density at radius 1 is 1.12 bits per heavy atom. The lowest BCUT2D eigenvalue weighted by Crippen LogP contribution is -2.23. The number of nitrogens with one attached hydrogen (secondary N) is 2. The lowest BCUT2D eigenvalue weighted by Gasteiger charge is -2.12. The molecular formula is C18H20FN3O3. The minimum Gasteiger partial charge on any atom is -0.494 e. The molecule has 0 aliphatic carbocycles. The smallest absolute Gasteiger partial charge is 0.253 e. The molecule has 0 saturated carbocycles. The summed E-state index contributed by atoms with van der Waals surface area (Å²) in [5.74, 6) is -0.487. The van der Waals surface area contributed by atoms with E-state index in [4.69, 9.17) is 4.74 Å². The summed E-state index contributed by atoms with van der Waals surface area (Å²) < 4.78 is 18.2. The number of rotatable bonds is 6. The van der Waals surface area contributed by atoms with Gasteiger partial charge in [-0.3, -0.25) is 9.59 Å². The quantitative estimate of drug-likeness (QED) is 0.844. The molecule has 0 aliphatic heterocycles. The van der Waals surface area contributed by atoms with Gasteiger partial charge in [0.15, 0.2) is 0 Å². The SMILES string of the molecule is COc1cc(F)ccc1NCC(=O)Nc1ccc(C(=O)N(C)C)cc1. The largest absolute Gasteiger partial charge is 0.494 e. The highest BCUT2D eigenvalue weighted by atomic mass is 19.1. The summed E-state index contributed by atoms with van der Waals surface area (Å²) in [6, 6.07) is 10.6. The molecule has 0 spiro atoms. The summed E-state index contributed by atoms with van der Waals surface area (Å²) in [5, 5.41) is 5.61. The van der Waals surface area contributed by atoms with Gasteiger partial charge < -0.3 is 20.3 Å². The Labute approximate surface area is 145 Å². The molecule has 7 heteroatoms. The summed E-state index contributed by atoms with van der Waals surface area (Å²) in [6.07, 6.45) is 0. The molecule has 0 radical (unpaired) electrons. The topological polar surface area (TPSA) is 70.7 Å². The third kappa shape index (κ3) is 4.94. The van der Waals surface area contributed by atoms with Gasteiger partial charge in [0.1, 0.15) is 11.6 Å². The molecule has 2 N–H and O–H groups in total. The maximum Gasteiger partial charge on any atom is 0.253 e. The molecule has 0 saturated heterocycles. The van der Waals surface area contributed by atoms with Gasteiger partial charge in [0.25, 0.3) is 5.91 Å². The van der Waals surface area contributed by atoms with Crippen molar-refractivity contribution in [2.45, 2.75) is 0 Å². The molecule has 0 fully saturated rings. The number of anilines is 2. The molecule has 6 nitrogen and oxygen atoms in total. The Balaban J connectivity index is 1.93. The van der Waals surface area contributed by atoms with Gasteiger partial charge in [0.05, 0.1) is 19.3 Å². The van der Waals surface area contributed by atoms with E-state index in [0.717, 1.165) is 0 Å². The second kappa shape index (κ2) is 8.14. The summed E-state index contributed by atoms with van der Waals surface area (Å²) in [6.45, 7) is -0.0135. The number of halogens is 1. The molecule has 0 aliphatic rings. The highest BCUT2D eigenvalue weighted by molar-refractivity contribution is 5.96. The highest BCUT2D eigenvalue weighted by Gasteiger charge is 2.09. The maximum absolute atomic E-state index is 13.1. The zero-order valence-electron chi connectivity index (χ0n) is 14.3. The Morgan fingerprint density at radius 2 is 1.80 bits per heavy atom. The number of hydrogen-bond acceptors (Lipinski definition) is 4. The molecule has 0 heterocycles. The van der Waals surface area contributed by atoms with Crippen LogP contribution in [0.3, 0.4) is 0 Å². The molecule has 2 amide bonds. The fourth-order valence-electron chi connectivity index (χ4n) is 2.15. The van der Waals surface area contributed by atoms with Gasteiger partial charge in [-0.2, -0.15) is 0 Å². The number of hydrogen-bond donors (Lipinski definition) is 2. The van der Waals surface area contributed by atoms with E-state index in [1.54, 1.807) is 38.4 Å². The second-order valence-electron chi connectivity index (χ2n) is 5.52. The lowest BCUT2D eigenvalue weighted by molar-refractivity contribution is -0.114. The van der Waals surface area contributed by atoms with Crippen LogP contribution in [0.25, 0.3) is 0 Å². The number of carbonyl (C=O) groups excluding carboxylic acids is 2. The van der Waals surface area contributed by atoms with Crippen LogP contribution < -0.4 is 15.4 Å². The fraction of sp³-hybridized carbons (Fsp3) is 0.222. The molecule has 0 aromatic heterocycles. The lowest BCUT2D eigenvalue weighted by atomic mass is 10.2. The van der Waals surface area contributed by atoms with Crippen LogP contribution in [0.4, 0.5) is 15.8 Å². The Morgan fingerprint density at radius 3 is 2.40 bits per heavy atom. The van der Waals surface area contributed by atoms with Crippen LogP contribution >= 0.6 is 0 Å². The second-order valence-corrected chi connectivity index (χ2v) is 5.52. The van der Waals surface area contributed by atoms with Crippen molar-refractivity contribution >= 4 is 23.2 Å². The van der Waals surface area contributed by atoms with E-state index in [1.807, 2.05) is 0 Å². The molecule has 25 heavy (non-hydrogen) atoms. The van der Waals surface area contributed by atoms with Gasteiger partial charge in [-0.1, -0.05) is 0 Å². The van der Waals surface area contributed by atoms with Crippen LogP contribution in [0.15, 0.2) is 42.5 Å². The molecule has 2 aromatic carbocycles. The van der Waals surface area contributed by atoms with Crippen LogP contribution in [-0.4, -0.2) is 44.5 Å². The number of nitrogens with zero attached hydrogens (tertiary/aromatic N) is 1. The summed E-state index contributed by atoms with van der Waals surface area (Å²) >= 11 is 0. The van der Waals surface area contributed by atoms with Crippen molar-refractivity contribution in [1.29, 1.82) is 0 Å². The third-order valence-electron chi connectivity index (χ3n) is 3.42. The van der Waals surface area contributed by atoms with Gasteiger partial charge in [0, 0.05) is 31.4 Å². The van der Waals surface area contributed by atoms with Gasteiger partial charge >= 0.3 is 0 Å². The van der Waals surface area contributed by atoms with E-state index >= 15 is 0 Å².